The molecule has 0 saturated carbocycles. The number of aromatic nitrogens is 1. The van der Waals surface area contributed by atoms with E-state index in [0.717, 1.165) is 15.6 Å². The number of rotatable bonds is 3. The zero-order valence-electron chi connectivity index (χ0n) is 13.4. The summed E-state index contributed by atoms with van der Waals surface area (Å²) in [5, 5.41) is 0.447. The third-order valence-electron chi connectivity index (χ3n) is 3.78. The summed E-state index contributed by atoms with van der Waals surface area (Å²) in [5.74, 6) is -0.615. The predicted octanol–water partition coefficient (Wildman–Crippen LogP) is 4.44. The fraction of sp³-hybridized carbons (Fsp3) is 0.158. The van der Waals surface area contributed by atoms with Crippen LogP contribution < -0.4 is 5.43 Å². The minimum Gasteiger partial charge on any atom is -0.462 e. The third kappa shape index (κ3) is 2.99. The quantitative estimate of drug-likeness (QED) is 0.677. The smallest absolute Gasteiger partial charge is 0.344 e. The van der Waals surface area contributed by atoms with Crippen molar-refractivity contribution < 1.29 is 9.53 Å². The Bertz CT molecular complexity index is 974. The van der Waals surface area contributed by atoms with Gasteiger partial charge in [0, 0.05) is 15.4 Å². The highest BCUT2D eigenvalue weighted by Gasteiger charge is 2.21. The maximum Gasteiger partial charge on any atom is 0.344 e. The number of carbonyl (C=O) groups excluding carboxylic acids is 1. The number of hydrogen-bond acceptors (Lipinski definition) is 3. The van der Waals surface area contributed by atoms with Crippen LogP contribution in [0.25, 0.3) is 22.2 Å². The van der Waals surface area contributed by atoms with Gasteiger partial charge in [-0.15, -0.1) is 0 Å². The van der Waals surface area contributed by atoms with Gasteiger partial charge in [0.05, 0.1) is 12.3 Å². The number of aromatic amines is 1. The van der Waals surface area contributed by atoms with Crippen molar-refractivity contribution in [3.8, 4) is 11.3 Å². The number of halogens is 1. The molecule has 1 aromatic heterocycles. The molecule has 0 fully saturated rings. The molecule has 122 valence electrons. The standard InChI is InChI=1S/C19H16BrNO3/c1-3-24-19(23)16-17(12-6-4-11(2)5-7-12)21-15-9-8-13(20)10-14(15)18(16)22/h4-10H,3H2,1-2H3,(H,21,22). The maximum absolute atomic E-state index is 12.9. The maximum atomic E-state index is 12.9. The van der Waals surface area contributed by atoms with E-state index in [4.69, 9.17) is 4.74 Å². The summed E-state index contributed by atoms with van der Waals surface area (Å²) >= 11 is 3.36. The zero-order valence-corrected chi connectivity index (χ0v) is 14.9. The van der Waals surface area contributed by atoms with E-state index in [2.05, 4.69) is 20.9 Å². The van der Waals surface area contributed by atoms with Crippen molar-refractivity contribution in [3.63, 3.8) is 0 Å². The molecular formula is C19H16BrNO3. The molecule has 0 amide bonds. The Kier molecular flexibility index (Phi) is 4.53. The lowest BCUT2D eigenvalue weighted by molar-refractivity contribution is 0.0525. The molecule has 24 heavy (non-hydrogen) atoms. The van der Waals surface area contributed by atoms with Gasteiger partial charge in [-0.2, -0.15) is 0 Å². The second-order valence-electron chi connectivity index (χ2n) is 5.48. The van der Waals surface area contributed by atoms with Crippen LogP contribution in [-0.2, 0) is 4.74 Å². The van der Waals surface area contributed by atoms with Crippen molar-refractivity contribution >= 4 is 32.8 Å². The van der Waals surface area contributed by atoms with Gasteiger partial charge < -0.3 is 9.72 Å². The largest absolute Gasteiger partial charge is 0.462 e. The average Bonchev–Trinajstić information content (AvgIpc) is 2.56. The molecule has 0 aliphatic rings. The first kappa shape index (κ1) is 16.5. The molecule has 3 aromatic rings. The molecular weight excluding hydrogens is 370 g/mol. The highest BCUT2D eigenvalue weighted by atomic mass is 79.9. The molecule has 0 radical (unpaired) electrons. The van der Waals surface area contributed by atoms with E-state index in [-0.39, 0.29) is 17.6 Å². The van der Waals surface area contributed by atoms with Crippen LogP contribution in [0.1, 0.15) is 22.8 Å². The minimum atomic E-state index is -0.615. The Hall–Kier alpha value is -2.40. The van der Waals surface area contributed by atoms with Gasteiger partial charge >= 0.3 is 5.97 Å². The number of hydrogen-bond donors (Lipinski definition) is 1. The number of pyridine rings is 1. The number of nitrogens with one attached hydrogen (secondary N) is 1. The molecule has 3 rings (SSSR count). The number of aryl methyl sites for hydroxylation is 1. The molecule has 0 aliphatic heterocycles. The second-order valence-corrected chi connectivity index (χ2v) is 6.40. The van der Waals surface area contributed by atoms with Gasteiger partial charge in [0.1, 0.15) is 5.56 Å². The van der Waals surface area contributed by atoms with E-state index >= 15 is 0 Å². The Morgan fingerprint density at radius 3 is 2.54 bits per heavy atom. The van der Waals surface area contributed by atoms with Gasteiger partial charge in [0.2, 0.25) is 5.43 Å². The fourth-order valence-electron chi connectivity index (χ4n) is 2.59. The molecule has 4 nitrogen and oxygen atoms in total. The minimum absolute atomic E-state index is 0.0336. The number of carbonyl (C=O) groups is 1. The van der Waals surface area contributed by atoms with Crippen molar-refractivity contribution in [2.75, 3.05) is 6.61 Å². The summed E-state index contributed by atoms with van der Waals surface area (Å²) in [4.78, 5) is 28.5. The van der Waals surface area contributed by atoms with Crippen LogP contribution in [-0.4, -0.2) is 17.6 Å². The Labute approximate surface area is 147 Å². The monoisotopic (exact) mass is 385 g/mol. The molecule has 0 spiro atoms. The number of ether oxygens (including phenoxy) is 1. The van der Waals surface area contributed by atoms with Crippen LogP contribution in [0.4, 0.5) is 0 Å². The predicted molar refractivity (Wildman–Crippen MR) is 98.4 cm³/mol. The molecule has 0 saturated heterocycles. The van der Waals surface area contributed by atoms with E-state index in [1.807, 2.05) is 43.3 Å². The lowest BCUT2D eigenvalue weighted by Crippen LogP contribution is -2.20. The Morgan fingerprint density at radius 1 is 1.17 bits per heavy atom. The topological polar surface area (TPSA) is 59.2 Å². The molecule has 1 N–H and O–H groups in total. The third-order valence-corrected chi connectivity index (χ3v) is 4.28. The van der Waals surface area contributed by atoms with Gasteiger partial charge in [-0.05, 0) is 37.6 Å². The molecule has 0 unspecified atom stereocenters. The number of fused-ring (bicyclic) bond motifs is 1. The number of benzene rings is 2. The normalized spacial score (nSPS) is 10.8. The van der Waals surface area contributed by atoms with Crippen molar-refractivity contribution in [3.05, 3.63) is 68.3 Å². The van der Waals surface area contributed by atoms with Crippen LogP contribution in [0.3, 0.4) is 0 Å². The van der Waals surface area contributed by atoms with Crippen LogP contribution in [0.15, 0.2) is 51.7 Å². The van der Waals surface area contributed by atoms with Crippen molar-refractivity contribution in [2.24, 2.45) is 0 Å². The first-order valence-corrected chi connectivity index (χ1v) is 8.40. The summed E-state index contributed by atoms with van der Waals surface area (Å²) in [7, 11) is 0. The van der Waals surface area contributed by atoms with Crippen LogP contribution >= 0.6 is 15.9 Å². The van der Waals surface area contributed by atoms with Crippen molar-refractivity contribution in [2.45, 2.75) is 13.8 Å². The Balaban J connectivity index is 2.35. The van der Waals surface area contributed by atoms with Crippen LogP contribution in [0.5, 0.6) is 0 Å². The summed E-state index contributed by atoms with van der Waals surface area (Å²) in [6.45, 7) is 3.91. The zero-order chi connectivity index (χ0) is 17.3. The van der Waals surface area contributed by atoms with E-state index in [1.165, 1.54) is 0 Å². The van der Waals surface area contributed by atoms with Gasteiger partial charge in [0.25, 0.3) is 0 Å². The fourth-order valence-corrected chi connectivity index (χ4v) is 2.95. The summed E-state index contributed by atoms with van der Waals surface area (Å²) in [6, 6.07) is 13.0. The second kappa shape index (κ2) is 6.61. The van der Waals surface area contributed by atoms with E-state index < -0.39 is 5.97 Å². The van der Waals surface area contributed by atoms with Gasteiger partial charge in [-0.3, -0.25) is 4.79 Å². The van der Waals surface area contributed by atoms with Crippen molar-refractivity contribution in [1.82, 2.24) is 4.98 Å². The molecule has 0 atom stereocenters. The number of esters is 1. The lowest BCUT2D eigenvalue weighted by Gasteiger charge is -2.11. The first-order valence-electron chi connectivity index (χ1n) is 7.61. The SMILES string of the molecule is CCOC(=O)c1c(-c2ccc(C)cc2)[nH]c2ccc(Br)cc2c1=O. The van der Waals surface area contributed by atoms with E-state index in [9.17, 15) is 9.59 Å². The molecule has 5 heteroatoms. The number of H-pyrrole nitrogens is 1. The van der Waals surface area contributed by atoms with Crippen LogP contribution in [0.2, 0.25) is 0 Å². The van der Waals surface area contributed by atoms with E-state index in [0.29, 0.717) is 16.6 Å². The lowest BCUT2D eigenvalue weighted by atomic mass is 10.0. The highest BCUT2D eigenvalue weighted by Crippen LogP contribution is 2.25. The van der Waals surface area contributed by atoms with Crippen molar-refractivity contribution in [1.29, 1.82) is 0 Å². The van der Waals surface area contributed by atoms with Gasteiger partial charge in [-0.25, -0.2) is 4.79 Å². The summed E-state index contributed by atoms with van der Waals surface area (Å²) < 4.78 is 5.88. The van der Waals surface area contributed by atoms with Gasteiger partial charge in [0.15, 0.2) is 0 Å². The molecule has 1 heterocycles. The molecule has 0 bridgehead atoms. The molecule has 0 aliphatic carbocycles. The van der Waals surface area contributed by atoms with Crippen LogP contribution in [0, 0.1) is 6.92 Å². The van der Waals surface area contributed by atoms with E-state index in [1.54, 1.807) is 13.0 Å². The first-order chi connectivity index (χ1) is 11.5. The van der Waals surface area contributed by atoms with Gasteiger partial charge in [-0.1, -0.05) is 45.8 Å². The molecule has 2 aromatic carbocycles. The highest BCUT2D eigenvalue weighted by molar-refractivity contribution is 9.10. The average molecular weight is 386 g/mol. The Morgan fingerprint density at radius 2 is 1.88 bits per heavy atom. The summed E-state index contributed by atoms with van der Waals surface area (Å²) in [6.07, 6.45) is 0. The summed E-state index contributed by atoms with van der Waals surface area (Å²) in [5.41, 5.74) is 2.72.